The van der Waals surface area contributed by atoms with Crippen LogP contribution < -0.4 is 5.73 Å². The molecule has 0 bridgehead atoms. The quantitative estimate of drug-likeness (QED) is 0.741. The van der Waals surface area contributed by atoms with Crippen LogP contribution in [-0.2, 0) is 6.54 Å². The van der Waals surface area contributed by atoms with Crippen LogP contribution in [0.15, 0.2) is 47.3 Å². The van der Waals surface area contributed by atoms with E-state index in [-0.39, 0.29) is 0 Å². The minimum Gasteiger partial charge on any atom is -0.389 e. The standard InChI is InChI=1S/C14H12N2S2/c15-14(17)12-2-1-11-3-5-16(13(11)7-12)8-10-4-6-18-9-10/h1-7,9H,8H2,(H2,15,17). The summed E-state index contributed by atoms with van der Waals surface area (Å²) in [6, 6.07) is 10.4. The van der Waals surface area contributed by atoms with Gasteiger partial charge in [0.05, 0.1) is 0 Å². The highest BCUT2D eigenvalue weighted by Gasteiger charge is 2.04. The minimum atomic E-state index is 0.445. The zero-order chi connectivity index (χ0) is 12.5. The van der Waals surface area contributed by atoms with Gasteiger partial charge in [-0.1, -0.05) is 24.4 Å². The van der Waals surface area contributed by atoms with Crippen molar-refractivity contribution in [2.24, 2.45) is 5.73 Å². The van der Waals surface area contributed by atoms with Crippen LogP contribution in [0.25, 0.3) is 10.9 Å². The Hall–Kier alpha value is -1.65. The van der Waals surface area contributed by atoms with Gasteiger partial charge in [-0.05, 0) is 39.9 Å². The molecule has 0 fully saturated rings. The van der Waals surface area contributed by atoms with Gasteiger partial charge in [-0.15, -0.1) is 0 Å². The number of thiocarbonyl (C=S) groups is 1. The average Bonchev–Trinajstić information content (AvgIpc) is 2.99. The molecule has 18 heavy (non-hydrogen) atoms. The summed E-state index contributed by atoms with van der Waals surface area (Å²) >= 11 is 6.75. The Bertz CT molecular complexity index is 696. The highest BCUT2D eigenvalue weighted by molar-refractivity contribution is 7.80. The normalized spacial score (nSPS) is 10.9. The summed E-state index contributed by atoms with van der Waals surface area (Å²) in [6.07, 6.45) is 2.10. The Kier molecular flexibility index (Phi) is 2.89. The maximum Gasteiger partial charge on any atom is 0.104 e. The monoisotopic (exact) mass is 272 g/mol. The van der Waals surface area contributed by atoms with Gasteiger partial charge in [-0.3, -0.25) is 0 Å². The third-order valence-corrected chi connectivity index (χ3v) is 3.96. The van der Waals surface area contributed by atoms with Crippen LogP contribution in [0.1, 0.15) is 11.1 Å². The van der Waals surface area contributed by atoms with Gasteiger partial charge in [-0.25, -0.2) is 0 Å². The molecule has 0 aliphatic carbocycles. The van der Waals surface area contributed by atoms with Gasteiger partial charge >= 0.3 is 0 Å². The lowest BCUT2D eigenvalue weighted by atomic mass is 10.1. The molecule has 3 rings (SSSR count). The van der Waals surface area contributed by atoms with Crippen LogP contribution in [0.3, 0.4) is 0 Å². The number of thiophene rings is 1. The summed E-state index contributed by atoms with van der Waals surface area (Å²) in [5, 5.41) is 5.48. The lowest BCUT2D eigenvalue weighted by molar-refractivity contribution is 0.840. The zero-order valence-corrected chi connectivity index (χ0v) is 11.3. The molecule has 4 heteroatoms. The van der Waals surface area contributed by atoms with E-state index in [9.17, 15) is 0 Å². The first-order chi connectivity index (χ1) is 8.74. The van der Waals surface area contributed by atoms with E-state index in [1.807, 2.05) is 6.07 Å². The van der Waals surface area contributed by atoms with Crippen molar-refractivity contribution in [1.82, 2.24) is 4.57 Å². The SMILES string of the molecule is NC(=S)c1ccc2ccn(Cc3ccsc3)c2c1. The van der Waals surface area contributed by atoms with Gasteiger partial charge in [0.1, 0.15) is 4.99 Å². The molecule has 2 heterocycles. The van der Waals surface area contributed by atoms with E-state index in [1.165, 1.54) is 16.5 Å². The van der Waals surface area contributed by atoms with Crippen LogP contribution in [0, 0.1) is 0 Å². The lowest BCUT2D eigenvalue weighted by Crippen LogP contribution is -2.09. The summed E-state index contributed by atoms with van der Waals surface area (Å²) in [4.78, 5) is 0.445. The highest BCUT2D eigenvalue weighted by Crippen LogP contribution is 2.19. The number of hydrogen-bond donors (Lipinski definition) is 1. The molecule has 0 saturated carbocycles. The number of nitrogens with two attached hydrogens (primary N) is 1. The molecule has 0 aliphatic heterocycles. The second-order valence-electron chi connectivity index (χ2n) is 4.21. The largest absolute Gasteiger partial charge is 0.389 e. The van der Waals surface area contributed by atoms with Gasteiger partial charge in [0, 0.05) is 23.8 Å². The van der Waals surface area contributed by atoms with Crippen molar-refractivity contribution in [2.75, 3.05) is 0 Å². The Morgan fingerprint density at radius 2 is 2.17 bits per heavy atom. The fourth-order valence-corrected chi connectivity index (χ4v) is 2.84. The summed E-state index contributed by atoms with van der Waals surface area (Å²) < 4.78 is 2.22. The number of benzene rings is 1. The van der Waals surface area contributed by atoms with Crippen LogP contribution in [-0.4, -0.2) is 9.56 Å². The second-order valence-corrected chi connectivity index (χ2v) is 5.43. The molecule has 2 aromatic heterocycles. The van der Waals surface area contributed by atoms with E-state index < -0.39 is 0 Å². The van der Waals surface area contributed by atoms with Crippen molar-refractivity contribution in [1.29, 1.82) is 0 Å². The van der Waals surface area contributed by atoms with E-state index >= 15 is 0 Å². The maximum atomic E-state index is 5.68. The van der Waals surface area contributed by atoms with Gasteiger partial charge < -0.3 is 10.3 Å². The first kappa shape index (κ1) is 11.4. The number of rotatable bonds is 3. The summed E-state index contributed by atoms with van der Waals surface area (Å²) in [7, 11) is 0. The molecule has 0 radical (unpaired) electrons. The third kappa shape index (κ3) is 2.05. The molecule has 3 aromatic rings. The fourth-order valence-electron chi connectivity index (χ4n) is 2.05. The van der Waals surface area contributed by atoms with Crippen molar-refractivity contribution >= 4 is 39.4 Å². The zero-order valence-electron chi connectivity index (χ0n) is 9.67. The lowest BCUT2D eigenvalue weighted by Gasteiger charge is -2.05. The molecule has 2 N–H and O–H groups in total. The fraction of sp³-hybridized carbons (Fsp3) is 0.0714. The number of nitrogens with zero attached hydrogens (tertiary/aromatic N) is 1. The number of fused-ring (bicyclic) bond motifs is 1. The van der Waals surface area contributed by atoms with Crippen LogP contribution in [0.2, 0.25) is 0 Å². The molecule has 0 atom stereocenters. The van der Waals surface area contributed by atoms with Crippen LogP contribution in [0.5, 0.6) is 0 Å². The first-order valence-corrected chi connectivity index (χ1v) is 6.99. The Balaban J connectivity index is 2.06. The molecule has 0 amide bonds. The molecule has 0 spiro atoms. The Morgan fingerprint density at radius 3 is 2.89 bits per heavy atom. The van der Waals surface area contributed by atoms with Gasteiger partial charge in [0.2, 0.25) is 0 Å². The molecule has 90 valence electrons. The topological polar surface area (TPSA) is 30.9 Å². The van der Waals surface area contributed by atoms with E-state index in [2.05, 4.69) is 45.8 Å². The number of hydrogen-bond acceptors (Lipinski definition) is 2. The van der Waals surface area contributed by atoms with Gasteiger partial charge in [-0.2, -0.15) is 11.3 Å². The number of aromatic nitrogens is 1. The van der Waals surface area contributed by atoms with Crippen molar-refractivity contribution < 1.29 is 0 Å². The third-order valence-electron chi connectivity index (χ3n) is 2.99. The second kappa shape index (κ2) is 4.55. The van der Waals surface area contributed by atoms with Crippen LogP contribution in [0.4, 0.5) is 0 Å². The minimum absolute atomic E-state index is 0.445. The molecular weight excluding hydrogens is 260 g/mol. The van der Waals surface area contributed by atoms with Crippen LogP contribution >= 0.6 is 23.6 Å². The van der Waals surface area contributed by atoms with Crippen molar-refractivity contribution in [2.45, 2.75) is 6.54 Å². The maximum absolute atomic E-state index is 5.68. The summed E-state index contributed by atoms with van der Waals surface area (Å²) in [6.45, 7) is 0.883. The van der Waals surface area contributed by atoms with Gasteiger partial charge in [0.25, 0.3) is 0 Å². The summed E-state index contributed by atoms with van der Waals surface area (Å²) in [5.41, 5.74) is 9.09. The Morgan fingerprint density at radius 1 is 1.28 bits per heavy atom. The van der Waals surface area contributed by atoms with Crippen molar-refractivity contribution in [3.05, 3.63) is 58.4 Å². The molecule has 0 unspecified atom stereocenters. The van der Waals surface area contributed by atoms with Crippen molar-refractivity contribution in [3.8, 4) is 0 Å². The highest BCUT2D eigenvalue weighted by atomic mass is 32.1. The first-order valence-electron chi connectivity index (χ1n) is 5.64. The van der Waals surface area contributed by atoms with E-state index in [4.69, 9.17) is 18.0 Å². The van der Waals surface area contributed by atoms with E-state index in [1.54, 1.807) is 11.3 Å². The predicted octanol–water partition coefficient (Wildman–Crippen LogP) is 3.39. The van der Waals surface area contributed by atoms with Crippen molar-refractivity contribution in [3.63, 3.8) is 0 Å². The van der Waals surface area contributed by atoms with E-state index in [0.29, 0.717) is 4.99 Å². The summed E-state index contributed by atoms with van der Waals surface area (Å²) in [5.74, 6) is 0. The predicted molar refractivity (Wildman–Crippen MR) is 81.2 cm³/mol. The Labute approximate surface area is 115 Å². The molecule has 0 aliphatic rings. The molecular formula is C14H12N2S2. The molecule has 2 nitrogen and oxygen atoms in total. The molecule has 0 saturated heterocycles. The average molecular weight is 272 g/mol. The van der Waals surface area contributed by atoms with E-state index in [0.717, 1.165) is 12.1 Å². The smallest absolute Gasteiger partial charge is 0.104 e. The van der Waals surface area contributed by atoms with Gasteiger partial charge in [0.15, 0.2) is 0 Å². The molecule has 1 aromatic carbocycles.